The zero-order valence-electron chi connectivity index (χ0n) is 9.83. The van der Waals surface area contributed by atoms with Gasteiger partial charge >= 0.3 is 0 Å². The van der Waals surface area contributed by atoms with E-state index in [1.54, 1.807) is 18.2 Å². The van der Waals surface area contributed by atoms with Gasteiger partial charge in [-0.15, -0.1) is 0 Å². The number of benzene rings is 1. The predicted octanol–water partition coefficient (Wildman–Crippen LogP) is 1.28. The molecule has 1 aromatic carbocycles. The molecular weight excluding hydrogens is 250 g/mol. The zero-order valence-corrected chi connectivity index (χ0v) is 10.7. The summed E-state index contributed by atoms with van der Waals surface area (Å²) >= 11 is 0. The normalized spacial score (nSPS) is 28.4. The molecule has 0 spiro atoms. The van der Waals surface area contributed by atoms with Crippen LogP contribution in [0.25, 0.3) is 0 Å². The molecule has 0 saturated carbocycles. The van der Waals surface area contributed by atoms with E-state index in [0.717, 1.165) is 18.4 Å². The van der Waals surface area contributed by atoms with Crippen LogP contribution in [0.1, 0.15) is 23.6 Å². The Bertz CT molecular complexity index is 607. The minimum absolute atomic E-state index is 0.0975. The van der Waals surface area contributed by atoms with Crippen molar-refractivity contribution >= 4 is 9.84 Å². The summed E-state index contributed by atoms with van der Waals surface area (Å²) in [4.78, 5) is 0. The van der Waals surface area contributed by atoms with E-state index in [0.29, 0.717) is 0 Å². The van der Waals surface area contributed by atoms with E-state index in [-0.39, 0.29) is 23.6 Å². The highest BCUT2D eigenvalue weighted by Crippen LogP contribution is 2.33. The molecule has 2 N–H and O–H groups in total. The average Bonchev–Trinajstić information content (AvgIpc) is 2.83. The van der Waals surface area contributed by atoms with Crippen molar-refractivity contribution in [2.24, 2.45) is 0 Å². The molecular formula is C13H15NO3S. The number of aromatic hydroxyl groups is 1. The van der Waals surface area contributed by atoms with Crippen molar-refractivity contribution in [3.63, 3.8) is 0 Å². The number of aryl methyl sites for hydroxylation is 1. The van der Waals surface area contributed by atoms with Crippen molar-refractivity contribution in [2.75, 3.05) is 5.75 Å². The number of sulfone groups is 1. The Morgan fingerprint density at radius 1 is 1.33 bits per heavy atom. The summed E-state index contributed by atoms with van der Waals surface area (Å²) in [6.07, 6.45) is 3.58. The highest BCUT2D eigenvalue weighted by Gasteiger charge is 2.28. The largest absolute Gasteiger partial charge is 0.508 e. The van der Waals surface area contributed by atoms with Crippen LogP contribution in [0.5, 0.6) is 5.75 Å². The van der Waals surface area contributed by atoms with Crippen LogP contribution in [0.15, 0.2) is 29.7 Å². The lowest BCUT2D eigenvalue weighted by Gasteiger charge is -2.18. The first kappa shape index (κ1) is 11.7. The van der Waals surface area contributed by atoms with Gasteiger partial charge in [0.25, 0.3) is 0 Å². The molecule has 4 nitrogen and oxygen atoms in total. The van der Waals surface area contributed by atoms with Crippen molar-refractivity contribution in [3.8, 4) is 5.75 Å². The summed E-state index contributed by atoms with van der Waals surface area (Å²) in [5.41, 5.74) is 2.32. The Morgan fingerprint density at radius 3 is 2.89 bits per heavy atom. The van der Waals surface area contributed by atoms with E-state index in [4.69, 9.17) is 0 Å². The number of phenols is 1. The predicted molar refractivity (Wildman–Crippen MR) is 69.0 cm³/mol. The van der Waals surface area contributed by atoms with Crippen molar-refractivity contribution in [3.05, 3.63) is 40.8 Å². The van der Waals surface area contributed by atoms with Crippen LogP contribution in [0.4, 0.5) is 0 Å². The van der Waals surface area contributed by atoms with Gasteiger partial charge in [-0.2, -0.15) is 0 Å². The lowest BCUT2D eigenvalue weighted by molar-refractivity contribution is 0.474. The Balaban J connectivity index is 1.76. The molecule has 0 fully saturated rings. The first-order chi connectivity index (χ1) is 8.53. The molecule has 1 aliphatic heterocycles. The first-order valence-corrected chi connectivity index (χ1v) is 7.74. The third kappa shape index (κ3) is 2.15. The zero-order chi connectivity index (χ0) is 12.8. The maximum Gasteiger partial charge on any atom is 0.173 e. The Labute approximate surface area is 106 Å². The molecule has 96 valence electrons. The van der Waals surface area contributed by atoms with Gasteiger partial charge in [-0.05, 0) is 36.1 Å². The molecule has 2 atom stereocenters. The number of hydrogen-bond acceptors (Lipinski definition) is 4. The van der Waals surface area contributed by atoms with Crippen LogP contribution in [-0.4, -0.2) is 25.3 Å². The first-order valence-electron chi connectivity index (χ1n) is 6.02. The standard InChI is InChI=1S/C13H15NO3S/c15-11-2-3-12-9(7-11)1-4-13(12)14-10-5-6-18(16,17)8-10/h2-3,5-7,10,13-15H,1,4,8H2. The maximum absolute atomic E-state index is 11.3. The van der Waals surface area contributed by atoms with E-state index < -0.39 is 9.84 Å². The molecule has 2 aliphatic rings. The smallest absolute Gasteiger partial charge is 0.173 e. The highest BCUT2D eigenvalue weighted by molar-refractivity contribution is 7.94. The fourth-order valence-electron chi connectivity index (χ4n) is 2.72. The molecule has 0 bridgehead atoms. The van der Waals surface area contributed by atoms with E-state index in [1.807, 2.05) is 6.07 Å². The number of hydrogen-bond donors (Lipinski definition) is 2. The van der Waals surface area contributed by atoms with Gasteiger partial charge in [0.15, 0.2) is 9.84 Å². The van der Waals surface area contributed by atoms with Gasteiger partial charge in [0, 0.05) is 17.5 Å². The minimum atomic E-state index is -3.00. The molecule has 1 aromatic rings. The fraction of sp³-hybridized carbons (Fsp3) is 0.385. The molecule has 3 rings (SSSR count). The second kappa shape index (κ2) is 4.10. The molecule has 0 radical (unpaired) electrons. The van der Waals surface area contributed by atoms with Gasteiger partial charge in [0.2, 0.25) is 0 Å². The lowest BCUT2D eigenvalue weighted by atomic mass is 10.1. The Morgan fingerprint density at radius 2 is 2.17 bits per heavy atom. The number of rotatable bonds is 2. The van der Waals surface area contributed by atoms with Gasteiger partial charge in [0.05, 0.1) is 5.75 Å². The maximum atomic E-state index is 11.3. The summed E-state index contributed by atoms with van der Waals surface area (Å²) in [6, 6.07) is 5.48. The van der Waals surface area contributed by atoms with Crippen LogP contribution in [-0.2, 0) is 16.3 Å². The average molecular weight is 265 g/mol. The summed E-state index contributed by atoms with van der Waals surface area (Å²) < 4.78 is 22.7. The molecule has 18 heavy (non-hydrogen) atoms. The molecule has 5 heteroatoms. The van der Waals surface area contributed by atoms with Crippen molar-refractivity contribution in [2.45, 2.75) is 24.9 Å². The van der Waals surface area contributed by atoms with Crippen LogP contribution in [0.3, 0.4) is 0 Å². The monoisotopic (exact) mass is 265 g/mol. The SMILES string of the molecule is O=S1(=O)C=CC(NC2CCc3cc(O)ccc32)C1. The quantitative estimate of drug-likeness (QED) is 0.845. The summed E-state index contributed by atoms with van der Waals surface area (Å²) in [5.74, 6) is 0.439. The van der Waals surface area contributed by atoms with Crippen LogP contribution in [0.2, 0.25) is 0 Å². The summed E-state index contributed by atoms with van der Waals surface area (Å²) in [5, 5.41) is 14.1. The molecule has 1 aliphatic carbocycles. The minimum Gasteiger partial charge on any atom is -0.508 e. The topological polar surface area (TPSA) is 66.4 Å². The van der Waals surface area contributed by atoms with Gasteiger partial charge in [0.1, 0.15) is 5.75 Å². The summed E-state index contributed by atoms with van der Waals surface area (Å²) in [6.45, 7) is 0. The summed E-state index contributed by atoms with van der Waals surface area (Å²) in [7, 11) is -3.00. The lowest BCUT2D eigenvalue weighted by Crippen LogP contribution is -2.32. The molecule has 1 heterocycles. The number of fused-ring (bicyclic) bond motifs is 1. The van der Waals surface area contributed by atoms with E-state index >= 15 is 0 Å². The van der Waals surface area contributed by atoms with Crippen LogP contribution >= 0.6 is 0 Å². The van der Waals surface area contributed by atoms with E-state index in [2.05, 4.69) is 5.32 Å². The molecule has 0 amide bonds. The van der Waals surface area contributed by atoms with Crippen LogP contribution in [0, 0.1) is 0 Å². The van der Waals surface area contributed by atoms with Gasteiger partial charge in [-0.3, -0.25) is 0 Å². The molecule has 0 aromatic heterocycles. The fourth-order valence-corrected chi connectivity index (χ4v) is 3.96. The second-order valence-corrected chi connectivity index (χ2v) is 6.84. The van der Waals surface area contributed by atoms with Crippen molar-refractivity contribution in [1.29, 1.82) is 0 Å². The van der Waals surface area contributed by atoms with E-state index in [9.17, 15) is 13.5 Å². The van der Waals surface area contributed by atoms with E-state index in [1.165, 1.54) is 11.0 Å². The second-order valence-electron chi connectivity index (χ2n) is 4.91. The third-order valence-electron chi connectivity index (χ3n) is 3.55. The van der Waals surface area contributed by atoms with Gasteiger partial charge < -0.3 is 10.4 Å². The number of nitrogens with one attached hydrogen (secondary N) is 1. The highest BCUT2D eigenvalue weighted by atomic mass is 32.2. The molecule has 2 unspecified atom stereocenters. The number of phenolic OH excluding ortho intramolecular Hbond substituents is 1. The third-order valence-corrected chi connectivity index (χ3v) is 4.95. The van der Waals surface area contributed by atoms with Crippen molar-refractivity contribution in [1.82, 2.24) is 5.32 Å². The molecule has 0 saturated heterocycles. The Hall–Kier alpha value is -1.33. The van der Waals surface area contributed by atoms with Crippen LogP contribution < -0.4 is 5.32 Å². The van der Waals surface area contributed by atoms with Crippen molar-refractivity contribution < 1.29 is 13.5 Å². The Kier molecular flexibility index (Phi) is 2.68. The van der Waals surface area contributed by atoms with Gasteiger partial charge in [-0.25, -0.2) is 8.42 Å². The van der Waals surface area contributed by atoms with Gasteiger partial charge in [-0.1, -0.05) is 12.1 Å².